The van der Waals surface area contributed by atoms with Crippen molar-refractivity contribution < 1.29 is 4.79 Å². The van der Waals surface area contributed by atoms with Gasteiger partial charge in [-0.1, -0.05) is 19.3 Å². The second kappa shape index (κ2) is 7.09. The molecule has 1 aromatic rings. The van der Waals surface area contributed by atoms with E-state index in [0.29, 0.717) is 13.0 Å². The Bertz CT molecular complexity index is 433. The molecule has 20 heavy (non-hydrogen) atoms. The second-order valence-corrected chi connectivity index (χ2v) is 5.80. The number of anilines is 1. The molecule has 5 nitrogen and oxygen atoms in total. The maximum Gasteiger partial charge on any atom is 0.225 e. The van der Waals surface area contributed by atoms with Crippen LogP contribution in [0.3, 0.4) is 0 Å². The van der Waals surface area contributed by atoms with Crippen LogP contribution in [0.15, 0.2) is 0 Å². The Balaban J connectivity index is 0.00000200. The summed E-state index contributed by atoms with van der Waals surface area (Å²) in [5.41, 5.74) is 8.47. The zero-order valence-electron chi connectivity index (χ0n) is 12.3. The van der Waals surface area contributed by atoms with E-state index in [1.165, 1.54) is 19.3 Å². The van der Waals surface area contributed by atoms with E-state index >= 15 is 0 Å². The molecule has 0 unspecified atom stereocenters. The normalized spacial score (nSPS) is 17.4. The number of nitrogens with two attached hydrogens (primary N) is 1. The van der Waals surface area contributed by atoms with Crippen LogP contribution in [-0.4, -0.2) is 22.6 Å². The van der Waals surface area contributed by atoms with Gasteiger partial charge in [-0.25, -0.2) is 0 Å². The summed E-state index contributed by atoms with van der Waals surface area (Å²) in [6.07, 6.45) is 6.31. The molecule has 0 saturated heterocycles. The first-order valence-corrected chi connectivity index (χ1v) is 7.08. The second-order valence-electron chi connectivity index (χ2n) is 5.80. The van der Waals surface area contributed by atoms with Crippen molar-refractivity contribution in [1.82, 2.24) is 10.2 Å². The number of amides is 1. The zero-order valence-corrected chi connectivity index (χ0v) is 13.1. The third-order valence-corrected chi connectivity index (χ3v) is 4.28. The number of rotatable bonds is 4. The van der Waals surface area contributed by atoms with E-state index in [0.717, 1.165) is 29.9 Å². The number of nitrogens with zero attached hydrogens (tertiary/aromatic N) is 1. The number of nitrogens with one attached hydrogen (secondary N) is 2. The number of carbonyl (C=O) groups excluding carboxylic acids is 1. The predicted octanol–water partition coefficient (Wildman–Crippen LogP) is 2.69. The van der Waals surface area contributed by atoms with E-state index < -0.39 is 0 Å². The molecule has 1 amide bonds. The molecule has 0 aliphatic heterocycles. The van der Waals surface area contributed by atoms with E-state index in [-0.39, 0.29) is 23.7 Å². The number of aromatic nitrogens is 2. The molecule has 0 spiro atoms. The number of hydrogen-bond donors (Lipinski definition) is 3. The lowest BCUT2D eigenvalue weighted by Crippen LogP contribution is -2.36. The van der Waals surface area contributed by atoms with Crippen molar-refractivity contribution in [3.8, 4) is 0 Å². The number of hydrogen-bond acceptors (Lipinski definition) is 3. The molecule has 114 valence electrons. The summed E-state index contributed by atoms with van der Waals surface area (Å²) < 4.78 is 0. The van der Waals surface area contributed by atoms with Gasteiger partial charge in [0.05, 0.1) is 17.1 Å². The highest BCUT2D eigenvalue weighted by atomic mass is 35.5. The average molecular weight is 301 g/mol. The first kappa shape index (κ1) is 17.0. The summed E-state index contributed by atoms with van der Waals surface area (Å²) in [7, 11) is 0. The molecule has 1 heterocycles. The van der Waals surface area contributed by atoms with Crippen LogP contribution in [0.2, 0.25) is 0 Å². The van der Waals surface area contributed by atoms with Gasteiger partial charge >= 0.3 is 0 Å². The van der Waals surface area contributed by atoms with Gasteiger partial charge in [-0.3, -0.25) is 9.89 Å². The van der Waals surface area contributed by atoms with Crippen LogP contribution in [0.25, 0.3) is 0 Å². The first-order valence-electron chi connectivity index (χ1n) is 7.08. The maximum absolute atomic E-state index is 12.2. The Morgan fingerprint density at radius 3 is 2.50 bits per heavy atom. The number of carbonyl (C=O) groups is 1. The number of H-pyrrole nitrogens is 1. The maximum atomic E-state index is 12.2. The lowest BCUT2D eigenvalue weighted by atomic mass is 9.71. The summed E-state index contributed by atoms with van der Waals surface area (Å²) >= 11 is 0. The van der Waals surface area contributed by atoms with Crippen molar-refractivity contribution >= 4 is 24.0 Å². The topological polar surface area (TPSA) is 83.8 Å². The lowest BCUT2D eigenvalue weighted by molar-refractivity contribution is -0.118. The van der Waals surface area contributed by atoms with Gasteiger partial charge in [-0.15, -0.1) is 12.4 Å². The SMILES string of the molecule is Cc1n[nH]c(C)c1NC(=O)CC1(CN)CCCCC1.Cl. The summed E-state index contributed by atoms with van der Waals surface area (Å²) in [4.78, 5) is 12.2. The predicted molar refractivity (Wildman–Crippen MR) is 83.1 cm³/mol. The van der Waals surface area contributed by atoms with Gasteiger partial charge < -0.3 is 11.1 Å². The van der Waals surface area contributed by atoms with E-state index in [4.69, 9.17) is 5.73 Å². The molecule has 1 aliphatic carbocycles. The third-order valence-electron chi connectivity index (χ3n) is 4.28. The van der Waals surface area contributed by atoms with Gasteiger partial charge in [0.25, 0.3) is 0 Å². The molecule has 1 aromatic heterocycles. The molecule has 6 heteroatoms. The molecule has 2 rings (SSSR count). The smallest absolute Gasteiger partial charge is 0.225 e. The fraction of sp³-hybridized carbons (Fsp3) is 0.714. The molecular weight excluding hydrogens is 276 g/mol. The van der Waals surface area contributed by atoms with Gasteiger partial charge in [-0.05, 0) is 38.6 Å². The summed E-state index contributed by atoms with van der Waals surface area (Å²) in [5, 5.41) is 9.95. The van der Waals surface area contributed by atoms with Gasteiger partial charge in [0.2, 0.25) is 5.91 Å². The van der Waals surface area contributed by atoms with E-state index in [2.05, 4.69) is 15.5 Å². The Morgan fingerprint density at radius 1 is 1.35 bits per heavy atom. The minimum atomic E-state index is 0. The Kier molecular flexibility index (Phi) is 6.02. The molecule has 0 radical (unpaired) electrons. The molecular formula is C14H25ClN4O. The highest BCUT2D eigenvalue weighted by Crippen LogP contribution is 2.38. The standard InChI is InChI=1S/C14H24N4O.ClH/c1-10-13(11(2)18-17-10)16-12(19)8-14(9-15)6-4-3-5-7-14;/h3-9,15H2,1-2H3,(H,16,19)(H,17,18);1H. The molecule has 0 bridgehead atoms. The molecule has 1 fully saturated rings. The number of halogens is 1. The van der Waals surface area contributed by atoms with Gasteiger partial charge in [-0.2, -0.15) is 5.10 Å². The van der Waals surface area contributed by atoms with Crippen molar-refractivity contribution in [1.29, 1.82) is 0 Å². The molecule has 1 saturated carbocycles. The third kappa shape index (κ3) is 3.73. The lowest BCUT2D eigenvalue weighted by Gasteiger charge is -2.35. The van der Waals surface area contributed by atoms with Crippen molar-refractivity contribution in [3.05, 3.63) is 11.4 Å². The zero-order chi connectivity index (χ0) is 13.9. The van der Waals surface area contributed by atoms with Gasteiger partial charge in [0, 0.05) is 6.42 Å². The quantitative estimate of drug-likeness (QED) is 0.799. The highest BCUT2D eigenvalue weighted by molar-refractivity contribution is 5.92. The fourth-order valence-corrected chi connectivity index (χ4v) is 3.01. The van der Waals surface area contributed by atoms with E-state index in [1.54, 1.807) is 0 Å². The monoisotopic (exact) mass is 300 g/mol. The van der Waals surface area contributed by atoms with E-state index in [9.17, 15) is 4.79 Å². The van der Waals surface area contributed by atoms with Crippen LogP contribution in [0, 0.1) is 19.3 Å². The molecule has 1 aliphatic rings. The Hall–Kier alpha value is -1.07. The van der Waals surface area contributed by atoms with Crippen LogP contribution in [0.5, 0.6) is 0 Å². The van der Waals surface area contributed by atoms with Crippen LogP contribution in [-0.2, 0) is 4.79 Å². The van der Waals surface area contributed by atoms with Crippen molar-refractivity contribution in [3.63, 3.8) is 0 Å². The van der Waals surface area contributed by atoms with Crippen LogP contribution in [0.1, 0.15) is 49.9 Å². The van der Waals surface area contributed by atoms with Crippen molar-refractivity contribution in [2.24, 2.45) is 11.1 Å². The largest absolute Gasteiger partial charge is 0.330 e. The highest BCUT2D eigenvalue weighted by Gasteiger charge is 2.33. The minimum absolute atomic E-state index is 0. The number of aromatic amines is 1. The minimum Gasteiger partial charge on any atom is -0.330 e. The van der Waals surface area contributed by atoms with Crippen LogP contribution in [0.4, 0.5) is 5.69 Å². The van der Waals surface area contributed by atoms with Crippen molar-refractivity contribution in [2.75, 3.05) is 11.9 Å². The Labute approximate surface area is 126 Å². The van der Waals surface area contributed by atoms with Gasteiger partial charge in [0.15, 0.2) is 0 Å². The van der Waals surface area contributed by atoms with Crippen LogP contribution >= 0.6 is 12.4 Å². The summed E-state index contributed by atoms with van der Waals surface area (Å²) in [6.45, 7) is 4.40. The molecule has 0 atom stereocenters. The average Bonchev–Trinajstić information content (AvgIpc) is 2.71. The summed E-state index contributed by atoms with van der Waals surface area (Å²) in [5.74, 6) is 0.0555. The van der Waals surface area contributed by atoms with Crippen LogP contribution < -0.4 is 11.1 Å². The Morgan fingerprint density at radius 2 is 2.00 bits per heavy atom. The van der Waals surface area contributed by atoms with Crippen molar-refractivity contribution in [2.45, 2.75) is 52.4 Å². The first-order chi connectivity index (χ1) is 9.06. The summed E-state index contributed by atoms with van der Waals surface area (Å²) in [6, 6.07) is 0. The van der Waals surface area contributed by atoms with E-state index in [1.807, 2.05) is 13.8 Å². The molecule has 4 N–H and O–H groups in total. The molecule has 0 aromatic carbocycles. The fourth-order valence-electron chi connectivity index (χ4n) is 3.01. The number of aryl methyl sites for hydroxylation is 2. The van der Waals surface area contributed by atoms with Gasteiger partial charge in [0.1, 0.15) is 0 Å².